The summed E-state index contributed by atoms with van der Waals surface area (Å²) in [5.41, 5.74) is 0. The maximum Gasteiger partial charge on any atom is 0.0627 e. The monoisotopic (exact) mass is 224 g/mol. The van der Waals surface area contributed by atoms with E-state index < -0.39 is 0 Å². The Hall–Kier alpha value is -0.590. The van der Waals surface area contributed by atoms with Crippen LogP contribution in [0.4, 0.5) is 0 Å². The number of rotatable bonds is 9. The van der Waals surface area contributed by atoms with E-state index in [0.29, 0.717) is 6.42 Å². The van der Waals surface area contributed by atoms with Crippen LogP contribution in [0.5, 0.6) is 0 Å². The molecule has 0 aromatic heterocycles. The van der Waals surface area contributed by atoms with E-state index in [1.54, 1.807) is 0 Å². The highest BCUT2D eigenvalue weighted by Crippen LogP contribution is 2.19. The van der Waals surface area contributed by atoms with Crippen molar-refractivity contribution in [1.82, 2.24) is 9.80 Å². The smallest absolute Gasteiger partial charge is 0.0627 e. The fraction of sp³-hybridized carbons (Fsp3) is 0.846. The summed E-state index contributed by atoms with van der Waals surface area (Å²) < 4.78 is 0. The first-order chi connectivity index (χ1) is 7.56. The summed E-state index contributed by atoms with van der Waals surface area (Å²) >= 11 is 0. The van der Waals surface area contributed by atoms with Crippen LogP contribution in [0.15, 0.2) is 0 Å². The number of hydrogen-bond acceptors (Lipinski definition) is 3. The van der Waals surface area contributed by atoms with E-state index in [2.05, 4.69) is 44.1 Å². The van der Waals surface area contributed by atoms with Gasteiger partial charge in [0.25, 0.3) is 0 Å². The second-order valence-electron chi connectivity index (χ2n) is 4.90. The van der Waals surface area contributed by atoms with Crippen molar-refractivity contribution < 1.29 is 0 Å². The highest BCUT2D eigenvalue weighted by atomic mass is 15.0. The third-order valence-electron chi connectivity index (χ3n) is 2.60. The molecule has 3 heteroatoms. The summed E-state index contributed by atoms with van der Waals surface area (Å²) in [5.74, 6) is 1.42. The molecule has 0 spiro atoms. The highest BCUT2D eigenvalue weighted by molar-refractivity contribution is 4.97. The zero-order chi connectivity index (χ0) is 12.4. The Labute approximate surface area is 101 Å². The predicted molar refractivity (Wildman–Crippen MR) is 69.0 cm³/mol. The minimum atomic E-state index is 0.640. The minimum absolute atomic E-state index is 0.640. The van der Waals surface area contributed by atoms with Gasteiger partial charge in [-0.2, -0.15) is 5.26 Å². The van der Waals surface area contributed by atoms with E-state index in [0.717, 1.165) is 25.9 Å². The van der Waals surface area contributed by atoms with E-state index in [-0.39, 0.29) is 0 Å². The molecule has 0 aliphatic rings. The molecule has 3 nitrogen and oxygen atoms in total. The quantitative estimate of drug-likeness (QED) is 0.601. The molecule has 0 fully saturated rings. The first-order valence-electron chi connectivity index (χ1n) is 6.06. The molecule has 0 aliphatic heterocycles. The number of nitriles is 1. The fourth-order valence-electron chi connectivity index (χ4n) is 1.70. The molecular formula is C13H26N3. The van der Waals surface area contributed by atoms with Crippen LogP contribution < -0.4 is 0 Å². The van der Waals surface area contributed by atoms with Gasteiger partial charge in [0.05, 0.1) is 6.07 Å². The van der Waals surface area contributed by atoms with E-state index in [1.165, 1.54) is 18.8 Å². The average molecular weight is 224 g/mol. The zero-order valence-electron chi connectivity index (χ0n) is 11.3. The molecule has 0 N–H and O–H groups in total. The van der Waals surface area contributed by atoms with Gasteiger partial charge < -0.3 is 9.80 Å². The van der Waals surface area contributed by atoms with Gasteiger partial charge in [-0.15, -0.1) is 0 Å². The van der Waals surface area contributed by atoms with Crippen molar-refractivity contribution in [3.8, 4) is 6.07 Å². The van der Waals surface area contributed by atoms with Crippen LogP contribution in [0.25, 0.3) is 0 Å². The Bertz CT molecular complexity index is 180. The lowest BCUT2D eigenvalue weighted by atomic mass is 9.94. The van der Waals surface area contributed by atoms with Crippen LogP contribution in [0.3, 0.4) is 0 Å². The summed E-state index contributed by atoms with van der Waals surface area (Å²) in [6.45, 7) is 2.23. The Morgan fingerprint density at radius 1 is 0.938 bits per heavy atom. The van der Waals surface area contributed by atoms with Crippen LogP contribution in [0.2, 0.25) is 0 Å². The summed E-state index contributed by atoms with van der Waals surface area (Å²) in [4.78, 5) is 4.40. The Kier molecular flexibility index (Phi) is 9.27. The molecule has 0 unspecified atom stereocenters. The maximum absolute atomic E-state index is 8.76. The minimum Gasteiger partial charge on any atom is -0.309 e. The molecule has 93 valence electrons. The normalized spacial score (nSPS) is 11.4. The summed E-state index contributed by atoms with van der Waals surface area (Å²) in [6.07, 6.45) is 5.21. The predicted octanol–water partition coefficient (Wildman–Crippen LogP) is 2.16. The van der Waals surface area contributed by atoms with E-state index in [4.69, 9.17) is 5.26 Å². The topological polar surface area (TPSA) is 30.3 Å². The molecule has 0 saturated heterocycles. The van der Waals surface area contributed by atoms with Crippen molar-refractivity contribution in [2.75, 3.05) is 41.3 Å². The summed E-state index contributed by atoms with van der Waals surface area (Å²) in [7, 11) is 8.37. The molecule has 0 aromatic carbocycles. The standard InChI is InChI=1S/C13H26N3/c1-15(2)11-5-7-13(9-10-14)8-6-12-16(3)4/h5-9,11-12H2,1-4H3. The molecule has 1 radical (unpaired) electrons. The lowest BCUT2D eigenvalue weighted by Gasteiger charge is -2.16. The second-order valence-corrected chi connectivity index (χ2v) is 4.90. The highest BCUT2D eigenvalue weighted by Gasteiger charge is 2.09. The molecule has 0 aliphatic carbocycles. The summed E-state index contributed by atoms with van der Waals surface area (Å²) in [5, 5.41) is 8.76. The molecule has 0 amide bonds. The van der Waals surface area contributed by atoms with Gasteiger partial charge in [0.15, 0.2) is 0 Å². The van der Waals surface area contributed by atoms with Crippen LogP contribution in [-0.4, -0.2) is 51.1 Å². The Balaban J connectivity index is 3.67. The SMILES string of the molecule is CN(C)CCC[C](CC#N)CCCN(C)C. The molecule has 16 heavy (non-hydrogen) atoms. The average Bonchev–Trinajstić information content (AvgIpc) is 2.16. The van der Waals surface area contributed by atoms with Crippen molar-refractivity contribution in [3.05, 3.63) is 5.92 Å². The first kappa shape index (κ1) is 15.4. The van der Waals surface area contributed by atoms with Crippen LogP contribution in [0, 0.1) is 17.2 Å². The fourth-order valence-corrected chi connectivity index (χ4v) is 1.70. The molecule has 0 heterocycles. The number of nitrogens with zero attached hydrogens (tertiary/aromatic N) is 3. The molecule has 0 bridgehead atoms. The molecule has 0 saturated carbocycles. The number of hydrogen-bond donors (Lipinski definition) is 0. The van der Waals surface area contributed by atoms with Gasteiger partial charge in [0.2, 0.25) is 0 Å². The molecular weight excluding hydrogens is 198 g/mol. The first-order valence-corrected chi connectivity index (χ1v) is 6.06. The van der Waals surface area contributed by atoms with Gasteiger partial charge in [-0.25, -0.2) is 0 Å². The van der Waals surface area contributed by atoms with Gasteiger partial charge in [0, 0.05) is 6.42 Å². The lowest BCUT2D eigenvalue weighted by molar-refractivity contribution is 0.380. The molecule has 0 atom stereocenters. The second kappa shape index (κ2) is 9.62. The van der Waals surface area contributed by atoms with Gasteiger partial charge in [0.1, 0.15) is 0 Å². The van der Waals surface area contributed by atoms with Crippen molar-refractivity contribution in [3.63, 3.8) is 0 Å². The van der Waals surface area contributed by atoms with E-state index in [1.807, 2.05) is 0 Å². The Morgan fingerprint density at radius 2 is 1.38 bits per heavy atom. The molecule has 0 rings (SSSR count). The van der Waals surface area contributed by atoms with Crippen molar-refractivity contribution in [2.24, 2.45) is 0 Å². The zero-order valence-corrected chi connectivity index (χ0v) is 11.3. The summed E-state index contributed by atoms with van der Waals surface area (Å²) in [6, 6.07) is 2.28. The van der Waals surface area contributed by atoms with Crippen LogP contribution >= 0.6 is 0 Å². The third kappa shape index (κ3) is 9.95. The van der Waals surface area contributed by atoms with Crippen LogP contribution in [-0.2, 0) is 0 Å². The van der Waals surface area contributed by atoms with Gasteiger partial charge in [-0.1, -0.05) is 0 Å². The maximum atomic E-state index is 8.76. The van der Waals surface area contributed by atoms with E-state index >= 15 is 0 Å². The van der Waals surface area contributed by atoms with Gasteiger partial charge in [-0.05, 0) is 72.9 Å². The van der Waals surface area contributed by atoms with Crippen molar-refractivity contribution in [1.29, 1.82) is 5.26 Å². The van der Waals surface area contributed by atoms with Gasteiger partial charge in [-0.3, -0.25) is 0 Å². The third-order valence-corrected chi connectivity index (χ3v) is 2.60. The molecule has 0 aromatic rings. The largest absolute Gasteiger partial charge is 0.309 e. The Morgan fingerprint density at radius 3 is 1.69 bits per heavy atom. The van der Waals surface area contributed by atoms with Crippen molar-refractivity contribution in [2.45, 2.75) is 32.1 Å². The van der Waals surface area contributed by atoms with E-state index in [9.17, 15) is 0 Å². The van der Waals surface area contributed by atoms with Gasteiger partial charge >= 0.3 is 0 Å². The lowest BCUT2D eigenvalue weighted by Crippen LogP contribution is -2.15. The van der Waals surface area contributed by atoms with Crippen molar-refractivity contribution >= 4 is 0 Å². The van der Waals surface area contributed by atoms with Crippen LogP contribution in [0.1, 0.15) is 32.1 Å².